The van der Waals surface area contributed by atoms with E-state index < -0.39 is 0 Å². The fourth-order valence-corrected chi connectivity index (χ4v) is 2.97. The SMILES string of the molecule is COc1cc([C@H]2CCCN2)c(Br)c(Br)c1O. The monoisotopic (exact) mass is 349 g/mol. The summed E-state index contributed by atoms with van der Waals surface area (Å²) in [7, 11) is 1.56. The Morgan fingerprint density at radius 3 is 2.75 bits per heavy atom. The smallest absolute Gasteiger partial charge is 0.173 e. The van der Waals surface area contributed by atoms with Gasteiger partial charge in [0.25, 0.3) is 0 Å². The van der Waals surface area contributed by atoms with Gasteiger partial charge in [0, 0.05) is 10.5 Å². The van der Waals surface area contributed by atoms with Crippen LogP contribution in [0.1, 0.15) is 24.4 Å². The number of rotatable bonds is 2. The number of ether oxygens (including phenoxy) is 1. The van der Waals surface area contributed by atoms with E-state index in [-0.39, 0.29) is 5.75 Å². The predicted molar refractivity (Wildman–Crippen MR) is 70.0 cm³/mol. The molecule has 1 aromatic carbocycles. The quantitative estimate of drug-likeness (QED) is 0.859. The van der Waals surface area contributed by atoms with E-state index in [0.717, 1.165) is 23.0 Å². The molecular weight excluding hydrogens is 338 g/mol. The van der Waals surface area contributed by atoms with Crippen molar-refractivity contribution < 1.29 is 9.84 Å². The molecular formula is C11H13Br2NO2. The van der Waals surface area contributed by atoms with Gasteiger partial charge in [-0.2, -0.15) is 0 Å². The Hall–Kier alpha value is -0.260. The molecule has 1 fully saturated rings. The number of nitrogens with one attached hydrogen (secondary N) is 1. The third-order valence-electron chi connectivity index (χ3n) is 2.83. The Bertz CT molecular complexity index is 403. The maximum Gasteiger partial charge on any atom is 0.173 e. The van der Waals surface area contributed by atoms with E-state index in [1.807, 2.05) is 6.07 Å². The van der Waals surface area contributed by atoms with Gasteiger partial charge < -0.3 is 15.2 Å². The molecule has 1 aromatic rings. The Morgan fingerprint density at radius 2 is 2.19 bits per heavy atom. The third-order valence-corrected chi connectivity index (χ3v) is 4.99. The van der Waals surface area contributed by atoms with Crippen LogP contribution >= 0.6 is 31.9 Å². The van der Waals surface area contributed by atoms with Gasteiger partial charge >= 0.3 is 0 Å². The molecule has 0 saturated carbocycles. The van der Waals surface area contributed by atoms with Gasteiger partial charge in [0.2, 0.25) is 0 Å². The Morgan fingerprint density at radius 1 is 1.44 bits per heavy atom. The molecule has 0 bridgehead atoms. The largest absolute Gasteiger partial charge is 0.503 e. The van der Waals surface area contributed by atoms with Crippen molar-refractivity contribution in [1.82, 2.24) is 5.32 Å². The Labute approximate surface area is 111 Å². The van der Waals surface area contributed by atoms with E-state index in [2.05, 4.69) is 37.2 Å². The van der Waals surface area contributed by atoms with Crippen LogP contribution in [-0.4, -0.2) is 18.8 Å². The van der Waals surface area contributed by atoms with Crippen molar-refractivity contribution in [1.29, 1.82) is 0 Å². The lowest BCUT2D eigenvalue weighted by atomic mass is 10.0. The second kappa shape index (κ2) is 4.94. The minimum Gasteiger partial charge on any atom is -0.503 e. The van der Waals surface area contributed by atoms with Crippen LogP contribution in [0.3, 0.4) is 0 Å². The van der Waals surface area contributed by atoms with Gasteiger partial charge in [0.1, 0.15) is 0 Å². The molecule has 1 atom stereocenters. The van der Waals surface area contributed by atoms with Crippen molar-refractivity contribution in [2.24, 2.45) is 0 Å². The van der Waals surface area contributed by atoms with Gasteiger partial charge in [-0.15, -0.1) is 0 Å². The molecule has 16 heavy (non-hydrogen) atoms. The molecule has 2 N–H and O–H groups in total. The van der Waals surface area contributed by atoms with Gasteiger partial charge in [0.05, 0.1) is 11.6 Å². The van der Waals surface area contributed by atoms with Crippen molar-refractivity contribution in [3.63, 3.8) is 0 Å². The zero-order chi connectivity index (χ0) is 11.7. The van der Waals surface area contributed by atoms with Gasteiger partial charge in [-0.05, 0) is 62.9 Å². The van der Waals surface area contributed by atoms with E-state index in [1.54, 1.807) is 7.11 Å². The van der Waals surface area contributed by atoms with Crippen LogP contribution in [0.15, 0.2) is 15.0 Å². The number of phenols is 1. The molecule has 3 nitrogen and oxygen atoms in total. The molecule has 0 aliphatic carbocycles. The molecule has 0 unspecified atom stereocenters. The number of halogens is 2. The molecule has 0 spiro atoms. The lowest BCUT2D eigenvalue weighted by molar-refractivity contribution is 0.370. The Kier molecular flexibility index (Phi) is 3.77. The maximum absolute atomic E-state index is 9.82. The van der Waals surface area contributed by atoms with Crippen LogP contribution in [0, 0.1) is 0 Å². The average molecular weight is 351 g/mol. The van der Waals surface area contributed by atoms with Crippen LogP contribution in [0.2, 0.25) is 0 Å². The van der Waals surface area contributed by atoms with E-state index in [1.165, 1.54) is 6.42 Å². The third kappa shape index (κ3) is 2.08. The molecule has 88 valence electrons. The summed E-state index contributed by atoms with van der Waals surface area (Å²) in [6, 6.07) is 2.22. The first-order valence-electron chi connectivity index (χ1n) is 5.13. The van der Waals surface area contributed by atoms with Crippen molar-refractivity contribution in [2.75, 3.05) is 13.7 Å². The van der Waals surface area contributed by atoms with Crippen molar-refractivity contribution in [2.45, 2.75) is 18.9 Å². The summed E-state index contributed by atoms with van der Waals surface area (Å²) in [5.74, 6) is 0.634. The molecule has 1 heterocycles. The van der Waals surface area contributed by atoms with Crippen LogP contribution < -0.4 is 10.1 Å². The number of benzene rings is 1. The number of methoxy groups -OCH3 is 1. The maximum atomic E-state index is 9.82. The number of aromatic hydroxyl groups is 1. The summed E-state index contributed by atoms with van der Waals surface area (Å²) in [5, 5.41) is 13.2. The first-order valence-corrected chi connectivity index (χ1v) is 6.72. The van der Waals surface area contributed by atoms with Crippen LogP contribution in [0.5, 0.6) is 11.5 Å². The number of hydrogen-bond donors (Lipinski definition) is 2. The lowest BCUT2D eigenvalue weighted by Crippen LogP contribution is -2.13. The average Bonchev–Trinajstić information content (AvgIpc) is 2.80. The summed E-state index contributed by atoms with van der Waals surface area (Å²) in [5.41, 5.74) is 1.12. The van der Waals surface area contributed by atoms with E-state index in [0.29, 0.717) is 16.3 Å². The highest BCUT2D eigenvalue weighted by atomic mass is 79.9. The standard InChI is InChI=1S/C11H13Br2NO2/c1-16-8-5-6(7-3-2-4-14-7)9(12)10(13)11(8)15/h5,7,14-15H,2-4H2,1H3/t7-/m1/s1. The minimum absolute atomic E-state index is 0.135. The highest BCUT2D eigenvalue weighted by molar-refractivity contribution is 9.13. The fraction of sp³-hybridized carbons (Fsp3) is 0.455. The summed E-state index contributed by atoms with van der Waals surface area (Å²) < 4.78 is 6.69. The second-order valence-electron chi connectivity index (χ2n) is 3.79. The highest BCUT2D eigenvalue weighted by Crippen LogP contribution is 2.44. The Balaban J connectivity index is 2.48. The fourth-order valence-electron chi connectivity index (χ4n) is 1.97. The van der Waals surface area contributed by atoms with Crippen LogP contribution in [0.25, 0.3) is 0 Å². The van der Waals surface area contributed by atoms with Gasteiger partial charge in [-0.25, -0.2) is 0 Å². The molecule has 0 radical (unpaired) electrons. The summed E-state index contributed by atoms with van der Waals surface area (Å²) in [6.45, 7) is 1.04. The first-order chi connectivity index (χ1) is 7.65. The molecule has 1 aliphatic rings. The molecule has 0 aromatic heterocycles. The van der Waals surface area contributed by atoms with E-state index >= 15 is 0 Å². The molecule has 1 aliphatic heterocycles. The molecule has 2 rings (SSSR count). The van der Waals surface area contributed by atoms with Crippen molar-refractivity contribution in [3.8, 4) is 11.5 Å². The lowest BCUT2D eigenvalue weighted by Gasteiger charge is -2.16. The van der Waals surface area contributed by atoms with Crippen molar-refractivity contribution in [3.05, 3.63) is 20.6 Å². The summed E-state index contributed by atoms with van der Waals surface area (Å²) >= 11 is 6.87. The summed E-state index contributed by atoms with van der Waals surface area (Å²) in [4.78, 5) is 0. The van der Waals surface area contributed by atoms with Gasteiger partial charge in [-0.3, -0.25) is 0 Å². The summed E-state index contributed by atoms with van der Waals surface area (Å²) in [6.07, 6.45) is 2.29. The van der Waals surface area contributed by atoms with Crippen LogP contribution in [0.4, 0.5) is 0 Å². The van der Waals surface area contributed by atoms with Crippen molar-refractivity contribution >= 4 is 31.9 Å². The number of hydrogen-bond acceptors (Lipinski definition) is 3. The molecule has 0 amide bonds. The molecule has 5 heteroatoms. The van der Waals surface area contributed by atoms with Crippen LogP contribution in [-0.2, 0) is 0 Å². The van der Waals surface area contributed by atoms with E-state index in [4.69, 9.17) is 4.74 Å². The minimum atomic E-state index is 0.135. The highest BCUT2D eigenvalue weighted by Gasteiger charge is 2.23. The first kappa shape index (κ1) is 12.2. The number of phenolic OH excluding ortho intramolecular Hbond substituents is 1. The second-order valence-corrected chi connectivity index (χ2v) is 5.38. The van der Waals surface area contributed by atoms with Gasteiger partial charge in [0.15, 0.2) is 11.5 Å². The topological polar surface area (TPSA) is 41.5 Å². The van der Waals surface area contributed by atoms with Gasteiger partial charge in [-0.1, -0.05) is 0 Å². The normalized spacial score (nSPS) is 20.1. The zero-order valence-corrected chi connectivity index (χ0v) is 12.1. The zero-order valence-electron chi connectivity index (χ0n) is 8.89. The predicted octanol–water partition coefficient (Wildman–Crippen LogP) is 3.35. The molecule has 1 saturated heterocycles. The van der Waals surface area contributed by atoms with E-state index in [9.17, 15) is 5.11 Å².